The van der Waals surface area contributed by atoms with E-state index >= 15 is 0 Å². The maximum atomic E-state index is 12.4. The van der Waals surface area contributed by atoms with Crippen LogP contribution in [0.3, 0.4) is 0 Å². The van der Waals surface area contributed by atoms with Crippen LogP contribution in [0.4, 0.5) is 5.69 Å². The molecule has 1 saturated heterocycles. The highest BCUT2D eigenvalue weighted by Gasteiger charge is 2.38. The normalized spacial score (nSPS) is 25.5. The average molecular weight is 270 g/mol. The zero-order chi connectivity index (χ0) is 13.6. The number of hydrogen-bond acceptors (Lipinski definition) is 4. The van der Waals surface area contributed by atoms with Crippen molar-refractivity contribution in [2.75, 3.05) is 18.8 Å². The maximum Gasteiger partial charge on any atom is 0.243 e. The summed E-state index contributed by atoms with van der Waals surface area (Å²) in [6.45, 7) is 3.91. The average Bonchev–Trinajstić information content (AvgIpc) is 2.58. The van der Waals surface area contributed by atoms with Crippen molar-refractivity contribution in [3.05, 3.63) is 23.8 Å². The van der Waals surface area contributed by atoms with Crippen LogP contribution in [0.15, 0.2) is 23.1 Å². The van der Waals surface area contributed by atoms with Crippen LogP contribution in [-0.2, 0) is 10.0 Å². The van der Waals surface area contributed by atoms with Crippen molar-refractivity contribution < 1.29 is 13.5 Å². The lowest BCUT2D eigenvalue weighted by molar-refractivity contribution is 0.0762. The maximum absolute atomic E-state index is 12.4. The van der Waals surface area contributed by atoms with E-state index in [0.717, 1.165) is 5.56 Å². The van der Waals surface area contributed by atoms with Crippen molar-refractivity contribution >= 4 is 15.7 Å². The molecule has 100 valence electrons. The second kappa shape index (κ2) is 4.22. The molecule has 6 heteroatoms. The van der Waals surface area contributed by atoms with E-state index in [1.165, 1.54) is 10.4 Å². The van der Waals surface area contributed by atoms with Gasteiger partial charge in [-0.2, -0.15) is 4.31 Å². The fraction of sp³-hybridized carbons (Fsp3) is 0.500. The van der Waals surface area contributed by atoms with Crippen molar-refractivity contribution in [2.24, 2.45) is 0 Å². The highest BCUT2D eigenvalue weighted by atomic mass is 32.2. The molecule has 1 atom stereocenters. The summed E-state index contributed by atoms with van der Waals surface area (Å²) in [6, 6.07) is 4.77. The number of nitrogen functional groups attached to an aromatic ring is 1. The molecule has 2 rings (SSSR count). The molecule has 0 spiro atoms. The van der Waals surface area contributed by atoms with Gasteiger partial charge in [0.05, 0.1) is 10.5 Å². The molecule has 1 fully saturated rings. The number of nitrogens with two attached hydrogens (primary N) is 1. The molecule has 0 radical (unpaired) electrons. The number of nitrogens with zero attached hydrogens (tertiary/aromatic N) is 1. The van der Waals surface area contributed by atoms with Crippen molar-refractivity contribution in [1.29, 1.82) is 0 Å². The smallest absolute Gasteiger partial charge is 0.243 e. The minimum Gasteiger partial charge on any atom is -0.399 e. The molecule has 18 heavy (non-hydrogen) atoms. The lowest BCUT2D eigenvalue weighted by Gasteiger charge is -2.19. The third-order valence-electron chi connectivity index (χ3n) is 3.13. The van der Waals surface area contributed by atoms with Crippen LogP contribution in [0, 0.1) is 6.92 Å². The van der Waals surface area contributed by atoms with Gasteiger partial charge in [-0.25, -0.2) is 8.42 Å². The summed E-state index contributed by atoms with van der Waals surface area (Å²) in [4.78, 5) is 0.192. The van der Waals surface area contributed by atoms with Gasteiger partial charge in [0.25, 0.3) is 0 Å². The largest absolute Gasteiger partial charge is 0.399 e. The summed E-state index contributed by atoms with van der Waals surface area (Å²) in [5.41, 5.74) is 5.97. The predicted octanol–water partition coefficient (Wildman–Crippen LogP) is 0.723. The monoisotopic (exact) mass is 270 g/mol. The molecule has 0 saturated carbocycles. The Morgan fingerprint density at radius 1 is 1.39 bits per heavy atom. The minimum absolute atomic E-state index is 0.128. The molecular weight excluding hydrogens is 252 g/mol. The van der Waals surface area contributed by atoms with E-state index in [4.69, 9.17) is 5.73 Å². The molecule has 1 aliphatic rings. The Balaban J connectivity index is 2.37. The van der Waals surface area contributed by atoms with Crippen LogP contribution in [0.2, 0.25) is 0 Å². The molecule has 0 aliphatic carbocycles. The summed E-state index contributed by atoms with van der Waals surface area (Å²) < 4.78 is 26.1. The lowest BCUT2D eigenvalue weighted by atomic mass is 10.1. The number of hydrogen-bond donors (Lipinski definition) is 2. The van der Waals surface area contributed by atoms with Gasteiger partial charge in [0, 0.05) is 18.8 Å². The van der Waals surface area contributed by atoms with E-state index in [-0.39, 0.29) is 11.4 Å². The van der Waals surface area contributed by atoms with Crippen molar-refractivity contribution in [2.45, 2.75) is 30.8 Å². The fourth-order valence-corrected chi connectivity index (χ4v) is 3.88. The molecular formula is C12H18N2O3S. The highest BCUT2D eigenvalue weighted by Crippen LogP contribution is 2.28. The first-order valence-corrected chi connectivity index (χ1v) is 7.24. The predicted molar refractivity (Wildman–Crippen MR) is 69.6 cm³/mol. The van der Waals surface area contributed by atoms with Crippen LogP contribution in [-0.4, -0.2) is 36.5 Å². The second-order valence-electron chi connectivity index (χ2n) is 5.16. The van der Waals surface area contributed by atoms with Gasteiger partial charge in [0.15, 0.2) is 0 Å². The summed E-state index contributed by atoms with van der Waals surface area (Å²) in [7, 11) is -3.56. The molecule has 1 aromatic rings. The van der Waals surface area contributed by atoms with Gasteiger partial charge in [-0.05, 0) is 44.0 Å². The Hall–Kier alpha value is -1.11. The second-order valence-corrected chi connectivity index (χ2v) is 7.10. The van der Waals surface area contributed by atoms with Crippen LogP contribution >= 0.6 is 0 Å². The number of rotatable bonds is 2. The zero-order valence-corrected chi connectivity index (χ0v) is 11.4. The van der Waals surface area contributed by atoms with E-state index in [2.05, 4.69) is 0 Å². The Labute approximate surface area is 107 Å². The molecule has 5 nitrogen and oxygen atoms in total. The topological polar surface area (TPSA) is 83.6 Å². The number of benzene rings is 1. The Bertz CT molecular complexity index is 546. The van der Waals surface area contributed by atoms with Gasteiger partial charge in [0.1, 0.15) is 0 Å². The molecule has 0 bridgehead atoms. The van der Waals surface area contributed by atoms with Crippen molar-refractivity contribution in [3.63, 3.8) is 0 Å². The third kappa shape index (κ3) is 2.50. The van der Waals surface area contributed by atoms with E-state index < -0.39 is 15.6 Å². The zero-order valence-electron chi connectivity index (χ0n) is 10.5. The van der Waals surface area contributed by atoms with Crippen molar-refractivity contribution in [3.8, 4) is 0 Å². The molecule has 0 amide bonds. The number of anilines is 1. The van der Waals surface area contributed by atoms with Gasteiger partial charge in [0.2, 0.25) is 10.0 Å². The number of sulfonamides is 1. The number of aryl methyl sites for hydroxylation is 1. The first-order valence-electron chi connectivity index (χ1n) is 5.80. The van der Waals surface area contributed by atoms with Gasteiger partial charge >= 0.3 is 0 Å². The SMILES string of the molecule is Cc1cc(N)cc(S(=O)(=O)N2CCC(C)(O)C2)c1. The van der Waals surface area contributed by atoms with E-state index in [0.29, 0.717) is 18.7 Å². The minimum atomic E-state index is -3.56. The van der Waals surface area contributed by atoms with Gasteiger partial charge in [-0.1, -0.05) is 0 Å². The molecule has 1 unspecified atom stereocenters. The standard InChI is InChI=1S/C12H18N2O3S/c1-9-5-10(13)7-11(6-9)18(16,17)14-4-3-12(2,15)8-14/h5-7,15H,3-4,8,13H2,1-2H3. The summed E-state index contributed by atoms with van der Waals surface area (Å²) in [6.07, 6.45) is 0.452. The van der Waals surface area contributed by atoms with Crippen LogP contribution in [0.1, 0.15) is 18.9 Å². The molecule has 3 N–H and O–H groups in total. The molecule has 1 heterocycles. The van der Waals surface area contributed by atoms with Gasteiger partial charge < -0.3 is 10.8 Å². The number of β-amino-alcohol motifs (C(OH)–C–C–N with tert-alkyl or cyclic N) is 1. The Morgan fingerprint density at radius 3 is 2.56 bits per heavy atom. The summed E-state index contributed by atoms with van der Waals surface area (Å²) in [5, 5.41) is 9.85. The highest BCUT2D eigenvalue weighted by molar-refractivity contribution is 7.89. The van der Waals surface area contributed by atoms with Gasteiger partial charge in [-0.3, -0.25) is 0 Å². The van der Waals surface area contributed by atoms with Gasteiger partial charge in [-0.15, -0.1) is 0 Å². The lowest BCUT2D eigenvalue weighted by Crippen LogP contribution is -2.34. The van der Waals surface area contributed by atoms with Crippen LogP contribution in [0.5, 0.6) is 0 Å². The molecule has 1 aromatic carbocycles. The fourth-order valence-electron chi connectivity index (χ4n) is 2.18. The quantitative estimate of drug-likeness (QED) is 0.776. The summed E-state index contributed by atoms with van der Waals surface area (Å²) in [5.74, 6) is 0. The first kappa shape index (κ1) is 13.3. The Morgan fingerprint density at radius 2 is 2.06 bits per heavy atom. The number of aliphatic hydroxyl groups is 1. The summed E-state index contributed by atoms with van der Waals surface area (Å²) >= 11 is 0. The van der Waals surface area contributed by atoms with E-state index in [1.807, 2.05) is 0 Å². The molecule has 0 aromatic heterocycles. The van der Waals surface area contributed by atoms with Crippen LogP contribution < -0.4 is 5.73 Å². The van der Waals surface area contributed by atoms with Crippen molar-refractivity contribution in [1.82, 2.24) is 4.31 Å². The Kier molecular flexibility index (Phi) is 3.12. The van der Waals surface area contributed by atoms with E-state index in [9.17, 15) is 13.5 Å². The van der Waals surface area contributed by atoms with Crippen LogP contribution in [0.25, 0.3) is 0 Å². The third-order valence-corrected chi connectivity index (χ3v) is 4.95. The van der Waals surface area contributed by atoms with E-state index in [1.54, 1.807) is 26.0 Å². The molecule has 1 aliphatic heterocycles. The first-order chi connectivity index (χ1) is 8.21.